The molecule has 11 heavy (non-hydrogen) atoms. The zero-order chi connectivity index (χ0) is 8.53. The fourth-order valence-electron chi connectivity index (χ4n) is 0.607. The second kappa shape index (κ2) is 7.15. The first-order chi connectivity index (χ1) is 5.35. The van der Waals surface area contributed by atoms with Crippen LogP contribution in [0.15, 0.2) is 22.1 Å². The molecular formula is C8H15N3. The van der Waals surface area contributed by atoms with Crippen molar-refractivity contribution < 1.29 is 0 Å². The first kappa shape index (κ1) is 10.0. The lowest BCUT2D eigenvalue weighted by Gasteiger charge is -1.90. The molecule has 0 saturated carbocycles. The molecule has 0 unspecified atom stereocenters. The molecule has 0 rings (SSSR count). The summed E-state index contributed by atoms with van der Waals surface area (Å²) in [6.07, 6.45) is 6.33. The van der Waals surface area contributed by atoms with Crippen LogP contribution in [0.25, 0.3) is 0 Å². The lowest BCUT2D eigenvalue weighted by Crippen LogP contribution is -1.95. The van der Waals surface area contributed by atoms with E-state index in [0.29, 0.717) is 6.67 Å². The van der Waals surface area contributed by atoms with Crippen molar-refractivity contribution in [3.05, 3.63) is 12.2 Å². The molecule has 0 radical (unpaired) electrons. The minimum atomic E-state index is 0.302. The van der Waals surface area contributed by atoms with Crippen LogP contribution in [-0.4, -0.2) is 18.7 Å². The predicted molar refractivity (Wildman–Crippen MR) is 50.1 cm³/mol. The molecule has 62 valence electrons. The van der Waals surface area contributed by atoms with E-state index in [4.69, 9.17) is 5.73 Å². The maximum atomic E-state index is 5.14. The van der Waals surface area contributed by atoms with Crippen molar-refractivity contribution in [2.45, 2.75) is 20.3 Å². The molecule has 0 heterocycles. The Balaban J connectivity index is 4.00. The fraction of sp³-hybridized carbons (Fsp3) is 0.500. The standard InChI is InChI=1S/C8H15N3/c1-3-5-8(4-2)11-7-10-6-9/h3,5,7H,4,6,9H2,1-2H3/b5-3-,10-7-,11-8+. The number of hydrogen-bond acceptors (Lipinski definition) is 2. The number of nitrogens with zero attached hydrogens (tertiary/aromatic N) is 2. The zero-order valence-corrected chi connectivity index (χ0v) is 7.12. The van der Waals surface area contributed by atoms with Gasteiger partial charge in [-0.25, -0.2) is 4.99 Å². The maximum Gasteiger partial charge on any atom is 0.111 e. The Morgan fingerprint density at radius 3 is 2.73 bits per heavy atom. The molecule has 0 aromatic rings. The summed E-state index contributed by atoms with van der Waals surface area (Å²) in [5.74, 6) is 0. The number of hydrogen-bond donors (Lipinski definition) is 1. The van der Waals surface area contributed by atoms with Gasteiger partial charge in [-0.1, -0.05) is 13.0 Å². The SMILES string of the molecule is C\C=C/C(CC)=N/C=N\CN. The Labute approximate surface area is 67.7 Å². The molecule has 0 amide bonds. The van der Waals surface area contributed by atoms with Gasteiger partial charge < -0.3 is 5.73 Å². The largest absolute Gasteiger partial charge is 0.312 e. The van der Waals surface area contributed by atoms with E-state index in [1.54, 1.807) is 0 Å². The third kappa shape index (κ3) is 5.48. The predicted octanol–water partition coefficient (Wildman–Crippen LogP) is 1.36. The highest BCUT2D eigenvalue weighted by Gasteiger charge is 1.84. The third-order valence-corrected chi connectivity index (χ3v) is 1.13. The van der Waals surface area contributed by atoms with Crippen LogP contribution in [0.5, 0.6) is 0 Å². The number of aliphatic imine (C=N–C) groups is 2. The Kier molecular flexibility index (Phi) is 6.53. The molecule has 3 nitrogen and oxygen atoms in total. The quantitative estimate of drug-likeness (QED) is 0.481. The average molecular weight is 153 g/mol. The summed E-state index contributed by atoms with van der Waals surface area (Å²) in [5, 5.41) is 0. The van der Waals surface area contributed by atoms with Crippen LogP contribution in [0, 0.1) is 0 Å². The van der Waals surface area contributed by atoms with Gasteiger partial charge >= 0.3 is 0 Å². The summed E-state index contributed by atoms with van der Waals surface area (Å²) in [6.45, 7) is 4.32. The molecule has 3 heteroatoms. The van der Waals surface area contributed by atoms with E-state index in [1.807, 2.05) is 19.1 Å². The Bertz CT molecular complexity index is 168. The van der Waals surface area contributed by atoms with E-state index in [2.05, 4.69) is 16.9 Å². The summed E-state index contributed by atoms with van der Waals surface area (Å²) >= 11 is 0. The van der Waals surface area contributed by atoms with Crippen LogP contribution in [0.2, 0.25) is 0 Å². The van der Waals surface area contributed by atoms with Gasteiger partial charge in [-0.15, -0.1) is 0 Å². The molecule has 0 aromatic heterocycles. The number of nitrogens with two attached hydrogens (primary N) is 1. The molecule has 0 aromatic carbocycles. The summed E-state index contributed by atoms with van der Waals surface area (Å²) in [6, 6.07) is 0. The van der Waals surface area contributed by atoms with Crippen molar-refractivity contribution >= 4 is 12.1 Å². The Hall–Kier alpha value is -0.960. The van der Waals surface area contributed by atoms with E-state index >= 15 is 0 Å². The normalized spacial score (nSPS) is 13.5. The van der Waals surface area contributed by atoms with Crippen molar-refractivity contribution in [1.29, 1.82) is 0 Å². The zero-order valence-electron chi connectivity index (χ0n) is 7.12. The highest BCUT2D eigenvalue weighted by Crippen LogP contribution is 1.87. The van der Waals surface area contributed by atoms with Gasteiger partial charge in [-0.05, 0) is 19.4 Å². The van der Waals surface area contributed by atoms with Gasteiger partial charge in [0.1, 0.15) is 6.34 Å². The molecule has 0 spiro atoms. The maximum absolute atomic E-state index is 5.14. The van der Waals surface area contributed by atoms with Crippen molar-refractivity contribution in [3.63, 3.8) is 0 Å². The molecule has 0 atom stereocenters. The molecular weight excluding hydrogens is 138 g/mol. The van der Waals surface area contributed by atoms with Crippen LogP contribution >= 0.6 is 0 Å². The highest BCUT2D eigenvalue weighted by molar-refractivity contribution is 5.98. The van der Waals surface area contributed by atoms with Gasteiger partial charge in [0, 0.05) is 5.71 Å². The smallest absolute Gasteiger partial charge is 0.111 e. The summed E-state index contributed by atoms with van der Waals surface area (Å²) in [7, 11) is 0. The monoisotopic (exact) mass is 153 g/mol. The molecule has 0 fully saturated rings. The third-order valence-electron chi connectivity index (χ3n) is 1.13. The van der Waals surface area contributed by atoms with Crippen LogP contribution in [-0.2, 0) is 0 Å². The van der Waals surface area contributed by atoms with Gasteiger partial charge in [0.15, 0.2) is 0 Å². The van der Waals surface area contributed by atoms with Gasteiger partial charge in [-0.3, -0.25) is 4.99 Å². The minimum Gasteiger partial charge on any atom is -0.312 e. The van der Waals surface area contributed by atoms with Gasteiger partial charge in [0.05, 0.1) is 6.67 Å². The van der Waals surface area contributed by atoms with E-state index < -0.39 is 0 Å². The number of rotatable bonds is 4. The van der Waals surface area contributed by atoms with Gasteiger partial charge in [-0.2, -0.15) is 0 Å². The molecule has 0 bridgehead atoms. The van der Waals surface area contributed by atoms with Gasteiger partial charge in [0.2, 0.25) is 0 Å². The van der Waals surface area contributed by atoms with Crippen LogP contribution in [0.3, 0.4) is 0 Å². The molecule has 0 aliphatic rings. The van der Waals surface area contributed by atoms with Gasteiger partial charge in [0.25, 0.3) is 0 Å². The minimum absolute atomic E-state index is 0.302. The second-order valence-corrected chi connectivity index (χ2v) is 1.95. The van der Waals surface area contributed by atoms with E-state index in [1.165, 1.54) is 6.34 Å². The van der Waals surface area contributed by atoms with Crippen LogP contribution in [0.1, 0.15) is 20.3 Å². The molecule has 0 saturated heterocycles. The molecule has 0 aliphatic heterocycles. The van der Waals surface area contributed by atoms with Crippen molar-refractivity contribution in [1.82, 2.24) is 0 Å². The van der Waals surface area contributed by atoms with Crippen LogP contribution in [0.4, 0.5) is 0 Å². The first-order valence-electron chi connectivity index (χ1n) is 3.72. The Morgan fingerprint density at radius 1 is 1.55 bits per heavy atom. The van der Waals surface area contributed by atoms with Crippen molar-refractivity contribution in [2.24, 2.45) is 15.7 Å². The van der Waals surface area contributed by atoms with Crippen molar-refractivity contribution in [3.8, 4) is 0 Å². The summed E-state index contributed by atoms with van der Waals surface area (Å²) in [4.78, 5) is 7.85. The topological polar surface area (TPSA) is 50.7 Å². The van der Waals surface area contributed by atoms with E-state index in [-0.39, 0.29) is 0 Å². The highest BCUT2D eigenvalue weighted by atomic mass is 14.9. The Morgan fingerprint density at radius 2 is 2.27 bits per heavy atom. The van der Waals surface area contributed by atoms with Crippen LogP contribution < -0.4 is 5.73 Å². The first-order valence-corrected chi connectivity index (χ1v) is 3.72. The van der Waals surface area contributed by atoms with Crippen molar-refractivity contribution in [2.75, 3.05) is 6.67 Å². The molecule has 0 aliphatic carbocycles. The lowest BCUT2D eigenvalue weighted by atomic mass is 10.3. The van der Waals surface area contributed by atoms with E-state index in [0.717, 1.165) is 12.1 Å². The number of allylic oxidation sites excluding steroid dienone is 2. The average Bonchev–Trinajstić information content (AvgIpc) is 2.03. The fourth-order valence-corrected chi connectivity index (χ4v) is 0.607. The molecule has 2 N–H and O–H groups in total. The van der Waals surface area contributed by atoms with E-state index in [9.17, 15) is 0 Å². The summed E-state index contributed by atoms with van der Waals surface area (Å²) < 4.78 is 0. The second-order valence-electron chi connectivity index (χ2n) is 1.95. The lowest BCUT2D eigenvalue weighted by molar-refractivity contribution is 1.07. The summed E-state index contributed by atoms with van der Waals surface area (Å²) in [5.41, 5.74) is 6.16.